The molecule has 0 heterocycles. The number of ether oxygens (including phenoxy) is 5. The summed E-state index contributed by atoms with van der Waals surface area (Å²) in [6.07, 6.45) is 6.74. The normalized spacial score (nSPS) is 10.9. The molecule has 0 aliphatic carbocycles. The molecule has 0 aliphatic heterocycles. The summed E-state index contributed by atoms with van der Waals surface area (Å²) in [5, 5.41) is 12.6. The van der Waals surface area contributed by atoms with Gasteiger partial charge in [0.2, 0.25) is 5.75 Å². The third-order valence-electron chi connectivity index (χ3n) is 5.32. The van der Waals surface area contributed by atoms with Crippen LogP contribution in [0.5, 0.6) is 34.5 Å². The molecule has 0 bridgehead atoms. The summed E-state index contributed by atoms with van der Waals surface area (Å²) in [6, 6.07) is 13.3. The minimum absolute atomic E-state index is 0.0995. The molecule has 0 saturated heterocycles. The Hall–Kier alpha value is -4.59. The number of nitrogens with one attached hydrogen (secondary N) is 1. The number of hydrogen-bond acceptors (Lipinski definition) is 8. The van der Waals surface area contributed by atoms with Gasteiger partial charge in [-0.1, -0.05) is 12.2 Å². The topological polar surface area (TPSA) is 95.5 Å². The molecule has 0 saturated carbocycles. The lowest BCUT2D eigenvalue weighted by atomic mass is 10.1. The van der Waals surface area contributed by atoms with E-state index in [1.807, 2.05) is 30.4 Å². The Morgan fingerprint density at radius 1 is 0.750 bits per heavy atom. The highest BCUT2D eigenvalue weighted by Crippen LogP contribution is 2.39. The summed E-state index contributed by atoms with van der Waals surface area (Å²) in [4.78, 5) is 12.4. The van der Waals surface area contributed by atoms with Gasteiger partial charge in [0.1, 0.15) is 5.75 Å². The van der Waals surface area contributed by atoms with Gasteiger partial charge in [0.05, 0.1) is 35.5 Å². The van der Waals surface area contributed by atoms with Gasteiger partial charge in [-0.25, -0.2) is 0 Å². The van der Waals surface area contributed by atoms with Crippen LogP contribution < -0.4 is 29.0 Å². The van der Waals surface area contributed by atoms with Crippen LogP contribution in [0, 0.1) is 0 Å². The Labute approximate surface area is 210 Å². The number of ketones is 1. The molecule has 3 rings (SSSR count). The number of allylic oxidation sites excluding steroid dienone is 1. The van der Waals surface area contributed by atoms with Gasteiger partial charge in [-0.15, -0.1) is 0 Å². The molecule has 188 valence electrons. The van der Waals surface area contributed by atoms with Crippen LogP contribution in [-0.2, 0) is 0 Å². The standard InChI is InChI=1S/C28H29NO7/c1-32-24-16-20(7-6-18-14-26(34-3)28(36-5)27(15-18)35-4)22(17-25(24)33-2)29-13-12-23(31)19-8-10-21(30)11-9-19/h6-17,29-30H,1-5H3/b7-6-,13-12-. The summed E-state index contributed by atoms with van der Waals surface area (Å²) in [5.74, 6) is 2.56. The first kappa shape index (κ1) is 26.0. The van der Waals surface area contributed by atoms with Crippen LogP contribution in [0.2, 0.25) is 0 Å². The number of phenolic OH excluding ortho intramolecular Hbond substituents is 1. The Morgan fingerprint density at radius 3 is 1.89 bits per heavy atom. The van der Waals surface area contributed by atoms with Gasteiger partial charge in [-0.3, -0.25) is 4.79 Å². The van der Waals surface area contributed by atoms with E-state index in [2.05, 4.69) is 5.32 Å². The van der Waals surface area contributed by atoms with E-state index in [1.165, 1.54) is 18.2 Å². The van der Waals surface area contributed by atoms with Gasteiger partial charge >= 0.3 is 0 Å². The second-order valence-corrected chi connectivity index (χ2v) is 7.48. The maximum absolute atomic E-state index is 12.4. The lowest BCUT2D eigenvalue weighted by Crippen LogP contribution is -1.99. The molecule has 3 aromatic rings. The van der Waals surface area contributed by atoms with Crippen molar-refractivity contribution in [1.82, 2.24) is 0 Å². The monoisotopic (exact) mass is 491 g/mol. The Kier molecular flexibility index (Phi) is 8.83. The fraction of sp³-hybridized carbons (Fsp3) is 0.179. The summed E-state index contributed by atoms with van der Waals surface area (Å²) < 4.78 is 27.2. The van der Waals surface area contributed by atoms with Crippen LogP contribution >= 0.6 is 0 Å². The van der Waals surface area contributed by atoms with Crippen LogP contribution in [-0.4, -0.2) is 46.4 Å². The van der Waals surface area contributed by atoms with Crippen molar-refractivity contribution in [3.05, 3.63) is 77.5 Å². The lowest BCUT2D eigenvalue weighted by molar-refractivity contribution is 0.104. The van der Waals surface area contributed by atoms with Crippen molar-refractivity contribution in [2.45, 2.75) is 0 Å². The highest BCUT2D eigenvalue weighted by Gasteiger charge is 2.13. The molecule has 0 fully saturated rings. The predicted octanol–water partition coefficient (Wildman–Crippen LogP) is 5.41. The zero-order valence-electron chi connectivity index (χ0n) is 20.8. The quantitative estimate of drug-likeness (QED) is 0.209. The maximum Gasteiger partial charge on any atom is 0.203 e. The Bertz CT molecular complexity index is 1240. The fourth-order valence-corrected chi connectivity index (χ4v) is 3.47. The van der Waals surface area contributed by atoms with Crippen LogP contribution in [0.1, 0.15) is 21.5 Å². The van der Waals surface area contributed by atoms with Crippen molar-refractivity contribution < 1.29 is 33.6 Å². The van der Waals surface area contributed by atoms with E-state index in [0.717, 1.165) is 11.1 Å². The van der Waals surface area contributed by atoms with E-state index in [4.69, 9.17) is 23.7 Å². The summed E-state index contributed by atoms with van der Waals surface area (Å²) in [6.45, 7) is 0. The van der Waals surface area contributed by atoms with E-state index in [9.17, 15) is 9.90 Å². The number of anilines is 1. The molecular formula is C28H29NO7. The van der Waals surface area contributed by atoms with Crippen LogP contribution in [0.3, 0.4) is 0 Å². The number of rotatable bonds is 11. The Balaban J connectivity index is 1.93. The van der Waals surface area contributed by atoms with Crippen molar-refractivity contribution in [2.75, 3.05) is 40.9 Å². The van der Waals surface area contributed by atoms with Crippen molar-refractivity contribution in [3.8, 4) is 34.5 Å². The van der Waals surface area contributed by atoms with Crippen molar-refractivity contribution >= 4 is 23.6 Å². The molecule has 3 aromatic carbocycles. The zero-order valence-corrected chi connectivity index (χ0v) is 20.8. The third-order valence-corrected chi connectivity index (χ3v) is 5.32. The first-order valence-electron chi connectivity index (χ1n) is 10.9. The maximum atomic E-state index is 12.4. The molecule has 36 heavy (non-hydrogen) atoms. The van der Waals surface area contributed by atoms with Gasteiger partial charge in [-0.05, 0) is 48.0 Å². The van der Waals surface area contributed by atoms with Crippen LogP contribution in [0.15, 0.2) is 60.8 Å². The molecule has 0 unspecified atom stereocenters. The molecule has 0 amide bonds. The van der Waals surface area contributed by atoms with Gasteiger partial charge < -0.3 is 34.1 Å². The average Bonchev–Trinajstić information content (AvgIpc) is 2.91. The molecule has 8 nitrogen and oxygen atoms in total. The molecule has 2 N–H and O–H groups in total. The van der Waals surface area contributed by atoms with E-state index < -0.39 is 0 Å². The van der Waals surface area contributed by atoms with Crippen molar-refractivity contribution in [2.24, 2.45) is 0 Å². The van der Waals surface area contributed by atoms with E-state index >= 15 is 0 Å². The van der Waals surface area contributed by atoms with Crippen LogP contribution in [0.4, 0.5) is 5.69 Å². The number of carbonyl (C=O) groups excluding carboxylic acids is 1. The molecule has 8 heteroatoms. The summed E-state index contributed by atoms with van der Waals surface area (Å²) >= 11 is 0. The third kappa shape index (κ3) is 6.09. The molecular weight excluding hydrogens is 462 g/mol. The molecule has 0 aromatic heterocycles. The number of phenols is 1. The second kappa shape index (κ2) is 12.2. The average molecular weight is 492 g/mol. The highest BCUT2D eigenvalue weighted by atomic mass is 16.5. The van der Waals surface area contributed by atoms with E-state index in [0.29, 0.717) is 40.0 Å². The zero-order chi connectivity index (χ0) is 26.1. The van der Waals surface area contributed by atoms with Crippen molar-refractivity contribution in [1.29, 1.82) is 0 Å². The van der Waals surface area contributed by atoms with Crippen molar-refractivity contribution in [3.63, 3.8) is 0 Å². The van der Waals surface area contributed by atoms with Gasteiger partial charge in [0.25, 0.3) is 0 Å². The summed E-state index contributed by atoms with van der Waals surface area (Å²) in [5.41, 5.74) is 2.75. The number of methoxy groups -OCH3 is 5. The van der Waals surface area contributed by atoms with Gasteiger partial charge in [-0.2, -0.15) is 0 Å². The number of aromatic hydroxyl groups is 1. The molecule has 0 radical (unpaired) electrons. The molecule has 0 aliphatic rings. The second-order valence-electron chi connectivity index (χ2n) is 7.48. The minimum atomic E-state index is -0.211. The van der Waals surface area contributed by atoms with E-state index in [1.54, 1.807) is 59.9 Å². The fourth-order valence-electron chi connectivity index (χ4n) is 3.47. The van der Waals surface area contributed by atoms with Gasteiger partial charge in [0.15, 0.2) is 28.8 Å². The van der Waals surface area contributed by atoms with E-state index in [-0.39, 0.29) is 11.5 Å². The Morgan fingerprint density at radius 2 is 1.33 bits per heavy atom. The lowest BCUT2D eigenvalue weighted by Gasteiger charge is -2.14. The first-order chi connectivity index (χ1) is 17.4. The number of hydrogen-bond donors (Lipinski definition) is 2. The van der Waals surface area contributed by atoms with Crippen LogP contribution in [0.25, 0.3) is 12.2 Å². The largest absolute Gasteiger partial charge is 0.508 e. The molecule has 0 spiro atoms. The minimum Gasteiger partial charge on any atom is -0.508 e. The SMILES string of the molecule is COc1cc(/C=C\c2cc(OC)c(OC)c(OC)c2)c(N/C=C\C(=O)c2ccc(O)cc2)cc1OC. The number of carbonyl (C=O) groups is 1. The predicted molar refractivity (Wildman–Crippen MR) is 140 cm³/mol. The first-order valence-corrected chi connectivity index (χ1v) is 10.9. The molecule has 0 atom stereocenters. The highest BCUT2D eigenvalue weighted by molar-refractivity contribution is 6.04. The smallest absolute Gasteiger partial charge is 0.203 e. The van der Waals surface area contributed by atoms with Gasteiger partial charge in [0, 0.05) is 35.2 Å². The summed E-state index contributed by atoms with van der Waals surface area (Å²) in [7, 11) is 7.79. The number of benzene rings is 3.